The molecule has 1 saturated heterocycles. The average Bonchev–Trinajstić information content (AvgIpc) is 3.28. The molecule has 1 N–H and O–H groups in total. The lowest BCUT2D eigenvalue weighted by molar-refractivity contribution is -0.0690. The molecule has 3 aromatic heterocycles. The van der Waals surface area contributed by atoms with Gasteiger partial charge in [0.2, 0.25) is 0 Å². The number of hydrogen-bond donors (Lipinski definition) is 1. The van der Waals surface area contributed by atoms with Crippen LogP contribution in [-0.2, 0) is 4.74 Å². The van der Waals surface area contributed by atoms with Crippen molar-refractivity contribution in [3.05, 3.63) is 24.3 Å². The minimum absolute atomic E-state index is 0.439. The minimum Gasteiger partial charge on any atom is -0.378 e. The van der Waals surface area contributed by atoms with Crippen molar-refractivity contribution in [3.8, 4) is 0 Å². The molecule has 1 saturated carbocycles. The van der Waals surface area contributed by atoms with Crippen LogP contribution in [0.1, 0.15) is 37.9 Å². The zero-order valence-electron chi connectivity index (χ0n) is 14.7. The summed E-state index contributed by atoms with van der Waals surface area (Å²) in [5, 5.41) is 8.99. The van der Waals surface area contributed by atoms with Crippen LogP contribution in [0.25, 0.3) is 16.8 Å². The Morgan fingerprint density at radius 3 is 2.92 bits per heavy atom. The smallest absolute Gasteiger partial charge is 0.179 e. The van der Waals surface area contributed by atoms with Gasteiger partial charge >= 0.3 is 0 Å². The molecule has 4 heterocycles. The summed E-state index contributed by atoms with van der Waals surface area (Å²) in [4.78, 5) is 10.2. The van der Waals surface area contributed by atoms with Crippen molar-refractivity contribution in [1.29, 1.82) is 0 Å². The van der Waals surface area contributed by atoms with E-state index in [1.807, 2.05) is 6.20 Å². The maximum absolute atomic E-state index is 5.39. The highest BCUT2D eigenvalue weighted by molar-refractivity contribution is 5.74. The average molecular weight is 340 g/mol. The fourth-order valence-corrected chi connectivity index (χ4v) is 4.59. The van der Waals surface area contributed by atoms with Gasteiger partial charge in [-0.05, 0) is 31.9 Å². The number of H-pyrrole nitrogens is 1. The van der Waals surface area contributed by atoms with Crippen molar-refractivity contribution in [3.63, 3.8) is 0 Å². The molecule has 132 valence electrons. The summed E-state index contributed by atoms with van der Waals surface area (Å²) >= 11 is 0. The minimum atomic E-state index is 0.439. The Labute approximate surface area is 146 Å². The summed E-state index contributed by atoms with van der Waals surface area (Å²) in [6.45, 7) is 4.04. The fraction of sp³-hybridized carbons (Fsp3) is 0.611. The van der Waals surface area contributed by atoms with E-state index in [9.17, 15) is 0 Å². The Bertz CT molecular complexity index is 897. The number of aromatic amines is 1. The number of likely N-dealkylation sites (N-methyl/N-ethyl adjacent to an activating group) is 1. The zero-order valence-corrected chi connectivity index (χ0v) is 14.7. The van der Waals surface area contributed by atoms with Crippen LogP contribution in [0, 0.1) is 5.92 Å². The summed E-state index contributed by atoms with van der Waals surface area (Å²) in [6, 6.07) is 3.24. The fourth-order valence-electron chi connectivity index (χ4n) is 4.59. The van der Waals surface area contributed by atoms with Crippen molar-refractivity contribution in [1.82, 2.24) is 29.5 Å². The molecule has 1 aliphatic carbocycles. The van der Waals surface area contributed by atoms with E-state index < -0.39 is 0 Å². The second-order valence-electron chi connectivity index (χ2n) is 7.48. The van der Waals surface area contributed by atoms with Gasteiger partial charge < -0.3 is 9.72 Å². The van der Waals surface area contributed by atoms with Crippen LogP contribution in [0.15, 0.2) is 18.5 Å². The number of rotatable bonds is 4. The highest BCUT2D eigenvalue weighted by Crippen LogP contribution is 2.43. The van der Waals surface area contributed by atoms with E-state index in [0.717, 1.165) is 42.3 Å². The van der Waals surface area contributed by atoms with Gasteiger partial charge in [0, 0.05) is 18.2 Å². The third kappa shape index (κ3) is 2.29. The third-order valence-electron chi connectivity index (χ3n) is 6.27. The molecule has 7 heteroatoms. The van der Waals surface area contributed by atoms with Crippen LogP contribution >= 0.6 is 0 Å². The molecule has 2 aliphatic rings. The highest BCUT2D eigenvalue weighted by atomic mass is 16.5. The molecule has 0 spiro atoms. The largest absolute Gasteiger partial charge is 0.378 e. The molecule has 3 aromatic rings. The maximum Gasteiger partial charge on any atom is 0.179 e. The number of fused-ring (bicyclic) bond motifs is 3. The summed E-state index contributed by atoms with van der Waals surface area (Å²) in [6.07, 6.45) is 7.28. The normalized spacial score (nSPS) is 27.6. The second kappa shape index (κ2) is 5.78. The molecule has 5 rings (SSSR count). The lowest BCUT2D eigenvalue weighted by Crippen LogP contribution is -2.50. The SMILES string of the molecule is CCC1CC(N(C)C2COC2)CC1c1nnc2cnc3[nH]ccc3n12. The van der Waals surface area contributed by atoms with Gasteiger partial charge in [0.15, 0.2) is 11.3 Å². The number of aromatic nitrogens is 5. The quantitative estimate of drug-likeness (QED) is 0.788. The first kappa shape index (κ1) is 15.3. The Balaban J connectivity index is 1.53. The van der Waals surface area contributed by atoms with Gasteiger partial charge in [0.1, 0.15) is 5.82 Å². The molecular weight excluding hydrogens is 316 g/mol. The Kier molecular flexibility index (Phi) is 3.53. The van der Waals surface area contributed by atoms with Crippen molar-refractivity contribution in [2.75, 3.05) is 20.3 Å². The van der Waals surface area contributed by atoms with Gasteiger partial charge in [-0.2, -0.15) is 0 Å². The van der Waals surface area contributed by atoms with Crippen LogP contribution in [0.3, 0.4) is 0 Å². The molecule has 25 heavy (non-hydrogen) atoms. The number of ether oxygens (including phenoxy) is 1. The van der Waals surface area contributed by atoms with E-state index in [0.29, 0.717) is 23.9 Å². The van der Waals surface area contributed by atoms with Crippen LogP contribution < -0.4 is 0 Å². The molecule has 0 amide bonds. The van der Waals surface area contributed by atoms with Gasteiger partial charge in [-0.15, -0.1) is 10.2 Å². The molecular formula is C18H24N6O. The summed E-state index contributed by atoms with van der Waals surface area (Å²) in [7, 11) is 2.25. The first-order valence-electron chi connectivity index (χ1n) is 9.23. The molecule has 0 radical (unpaired) electrons. The van der Waals surface area contributed by atoms with Crippen LogP contribution in [0.2, 0.25) is 0 Å². The molecule has 3 atom stereocenters. The first-order valence-corrected chi connectivity index (χ1v) is 9.23. The topological polar surface area (TPSA) is 71.3 Å². The predicted molar refractivity (Wildman–Crippen MR) is 94.6 cm³/mol. The van der Waals surface area contributed by atoms with Crippen LogP contribution in [0.4, 0.5) is 0 Å². The zero-order chi connectivity index (χ0) is 17.0. The van der Waals surface area contributed by atoms with E-state index >= 15 is 0 Å². The number of hydrogen-bond acceptors (Lipinski definition) is 5. The lowest BCUT2D eigenvalue weighted by Gasteiger charge is -2.38. The Morgan fingerprint density at radius 1 is 1.28 bits per heavy atom. The standard InChI is InChI=1S/C18H24N6O/c1-3-11-6-12(23(2)13-9-25-10-13)7-14(11)18-22-21-16-8-20-17-15(24(16)18)4-5-19-17/h4-5,8,11-14,19H,3,6-7,9-10H2,1-2H3. The molecule has 0 aromatic carbocycles. The van der Waals surface area contributed by atoms with E-state index in [-0.39, 0.29) is 0 Å². The van der Waals surface area contributed by atoms with E-state index in [2.05, 4.69) is 49.5 Å². The van der Waals surface area contributed by atoms with Crippen molar-refractivity contribution >= 4 is 16.8 Å². The van der Waals surface area contributed by atoms with Crippen LogP contribution in [0.5, 0.6) is 0 Å². The summed E-state index contributed by atoms with van der Waals surface area (Å²) in [5.41, 5.74) is 2.79. The molecule has 3 unspecified atom stereocenters. The van der Waals surface area contributed by atoms with E-state index in [4.69, 9.17) is 4.74 Å². The van der Waals surface area contributed by atoms with Gasteiger partial charge in [0.25, 0.3) is 0 Å². The van der Waals surface area contributed by atoms with E-state index in [1.165, 1.54) is 12.8 Å². The third-order valence-corrected chi connectivity index (χ3v) is 6.27. The second-order valence-corrected chi connectivity index (χ2v) is 7.48. The van der Waals surface area contributed by atoms with Crippen molar-refractivity contribution in [2.24, 2.45) is 5.92 Å². The number of nitrogens with zero attached hydrogens (tertiary/aromatic N) is 5. The number of nitrogens with one attached hydrogen (secondary N) is 1. The van der Waals surface area contributed by atoms with Gasteiger partial charge in [-0.3, -0.25) is 9.30 Å². The summed E-state index contributed by atoms with van der Waals surface area (Å²) < 4.78 is 7.58. The molecule has 1 aliphatic heterocycles. The summed E-state index contributed by atoms with van der Waals surface area (Å²) in [5.74, 6) is 2.17. The first-order chi connectivity index (χ1) is 12.3. The van der Waals surface area contributed by atoms with Gasteiger partial charge in [-0.25, -0.2) is 4.98 Å². The van der Waals surface area contributed by atoms with E-state index in [1.54, 1.807) is 6.20 Å². The molecule has 2 fully saturated rings. The van der Waals surface area contributed by atoms with Gasteiger partial charge in [-0.1, -0.05) is 13.3 Å². The highest BCUT2D eigenvalue weighted by Gasteiger charge is 2.41. The molecule has 7 nitrogen and oxygen atoms in total. The Morgan fingerprint density at radius 2 is 2.16 bits per heavy atom. The molecule has 0 bridgehead atoms. The monoisotopic (exact) mass is 340 g/mol. The lowest BCUT2D eigenvalue weighted by atomic mass is 9.93. The van der Waals surface area contributed by atoms with Crippen molar-refractivity contribution in [2.45, 2.75) is 44.2 Å². The maximum atomic E-state index is 5.39. The Hall–Kier alpha value is -1.99. The van der Waals surface area contributed by atoms with Crippen molar-refractivity contribution < 1.29 is 4.74 Å². The predicted octanol–water partition coefficient (Wildman–Crippen LogP) is 2.21. The van der Waals surface area contributed by atoms with Gasteiger partial charge in [0.05, 0.1) is 31.0 Å². The van der Waals surface area contributed by atoms with Crippen LogP contribution in [-0.4, -0.2) is 61.8 Å².